The van der Waals surface area contributed by atoms with Gasteiger partial charge in [-0.3, -0.25) is 14.4 Å². The zero-order valence-electron chi connectivity index (χ0n) is 17.3. The van der Waals surface area contributed by atoms with Gasteiger partial charge in [-0.2, -0.15) is 0 Å². The van der Waals surface area contributed by atoms with Gasteiger partial charge < -0.3 is 25.4 Å². The minimum Gasteiger partial charge on any atom is -0.358 e. The molecule has 1 aromatic heterocycles. The molecule has 0 atom stereocenters. The Hall–Kier alpha value is -3.39. The molecule has 2 aliphatic rings. The third-order valence-corrected chi connectivity index (χ3v) is 5.63. The topological polar surface area (TPSA) is 97.5 Å². The number of nitrogens with zero attached hydrogens (tertiary/aromatic N) is 2. The van der Waals surface area contributed by atoms with Crippen molar-refractivity contribution in [2.75, 3.05) is 44.4 Å². The molecule has 3 amide bonds. The number of benzene rings is 1. The zero-order valence-corrected chi connectivity index (χ0v) is 17.3. The van der Waals surface area contributed by atoms with Crippen LogP contribution in [0.1, 0.15) is 32.9 Å². The molecule has 2 aliphatic heterocycles. The van der Waals surface area contributed by atoms with Crippen molar-refractivity contribution in [1.29, 1.82) is 0 Å². The number of likely N-dealkylation sites (N-methyl/N-ethyl adjacent to an activating group) is 1. The maximum absolute atomic E-state index is 13.0. The van der Waals surface area contributed by atoms with Crippen molar-refractivity contribution in [3.8, 4) is 0 Å². The van der Waals surface area contributed by atoms with Crippen molar-refractivity contribution < 1.29 is 14.4 Å². The van der Waals surface area contributed by atoms with Gasteiger partial charge in [-0.25, -0.2) is 0 Å². The molecule has 0 saturated heterocycles. The summed E-state index contributed by atoms with van der Waals surface area (Å²) in [6.07, 6.45) is 3.15. The van der Waals surface area contributed by atoms with E-state index in [0.29, 0.717) is 42.0 Å². The highest BCUT2D eigenvalue weighted by Crippen LogP contribution is 2.36. The van der Waals surface area contributed by atoms with E-state index in [1.165, 1.54) is 0 Å². The van der Waals surface area contributed by atoms with E-state index in [1.54, 1.807) is 24.3 Å². The molecule has 0 radical (unpaired) electrons. The molecule has 8 nitrogen and oxygen atoms in total. The van der Waals surface area contributed by atoms with Gasteiger partial charge in [0.1, 0.15) is 0 Å². The quantitative estimate of drug-likeness (QED) is 0.504. The Morgan fingerprint density at radius 2 is 2.07 bits per heavy atom. The van der Waals surface area contributed by atoms with E-state index in [2.05, 4.69) is 20.5 Å². The summed E-state index contributed by atoms with van der Waals surface area (Å²) in [7, 11) is 3.98. The molecule has 3 N–H and O–H groups in total. The first-order valence-electron chi connectivity index (χ1n) is 9.92. The average Bonchev–Trinajstić information content (AvgIpc) is 3.19. The summed E-state index contributed by atoms with van der Waals surface area (Å²) in [5.74, 6) is -0.176. The highest BCUT2D eigenvalue weighted by atomic mass is 16.2. The number of nitrogens with one attached hydrogen (secondary N) is 3. The number of fused-ring (bicyclic) bond motifs is 2. The van der Waals surface area contributed by atoms with Gasteiger partial charge in [0.15, 0.2) is 0 Å². The Kier molecular flexibility index (Phi) is 5.17. The maximum Gasteiger partial charge on any atom is 0.256 e. The molecule has 2 aromatic rings. The van der Waals surface area contributed by atoms with Gasteiger partial charge in [0.2, 0.25) is 6.41 Å². The number of amides is 3. The second-order valence-corrected chi connectivity index (χ2v) is 7.90. The third-order valence-electron chi connectivity index (χ3n) is 5.63. The first kappa shape index (κ1) is 19.9. The lowest BCUT2D eigenvalue weighted by atomic mass is 10.0. The van der Waals surface area contributed by atoms with Crippen LogP contribution in [0.25, 0.3) is 11.6 Å². The van der Waals surface area contributed by atoms with Gasteiger partial charge in [0.05, 0.1) is 11.1 Å². The molecule has 30 heavy (non-hydrogen) atoms. The van der Waals surface area contributed by atoms with Crippen LogP contribution < -0.4 is 10.6 Å². The van der Waals surface area contributed by atoms with Crippen LogP contribution in [0.3, 0.4) is 0 Å². The third kappa shape index (κ3) is 3.50. The predicted octanol–water partition coefficient (Wildman–Crippen LogP) is 1.94. The number of aromatic amines is 1. The Balaban J connectivity index is 1.68. The zero-order chi connectivity index (χ0) is 21.4. The number of hydrogen-bond donors (Lipinski definition) is 3. The average molecular weight is 407 g/mol. The fraction of sp³-hybridized carbons (Fsp3) is 0.318. The number of carbonyl (C=O) groups is 3. The number of hydrogen-bond acceptors (Lipinski definition) is 4. The van der Waals surface area contributed by atoms with Crippen LogP contribution in [0.5, 0.6) is 0 Å². The minimum absolute atomic E-state index is 0.0326. The largest absolute Gasteiger partial charge is 0.358 e. The lowest BCUT2D eigenvalue weighted by Crippen LogP contribution is -2.41. The second kappa shape index (κ2) is 7.79. The molecule has 0 spiro atoms. The highest BCUT2D eigenvalue weighted by Gasteiger charge is 2.30. The van der Waals surface area contributed by atoms with Crippen molar-refractivity contribution in [3.05, 3.63) is 46.3 Å². The van der Waals surface area contributed by atoms with Gasteiger partial charge in [-0.15, -0.1) is 0 Å². The van der Waals surface area contributed by atoms with Crippen molar-refractivity contribution in [2.24, 2.45) is 0 Å². The highest BCUT2D eigenvalue weighted by molar-refractivity contribution is 6.35. The first-order chi connectivity index (χ1) is 14.4. The molecule has 4 rings (SSSR count). The predicted molar refractivity (Wildman–Crippen MR) is 116 cm³/mol. The number of rotatable bonds is 6. The van der Waals surface area contributed by atoms with E-state index in [0.717, 1.165) is 35.5 Å². The minimum atomic E-state index is -0.209. The van der Waals surface area contributed by atoms with E-state index in [1.807, 2.05) is 25.9 Å². The van der Waals surface area contributed by atoms with Gasteiger partial charge in [-0.05, 0) is 50.9 Å². The fourth-order valence-electron chi connectivity index (χ4n) is 3.98. The second-order valence-electron chi connectivity index (χ2n) is 7.90. The summed E-state index contributed by atoms with van der Waals surface area (Å²) < 4.78 is 0. The first-order valence-corrected chi connectivity index (χ1v) is 9.92. The van der Waals surface area contributed by atoms with Crippen molar-refractivity contribution >= 4 is 41.2 Å². The molecule has 8 heteroatoms. The molecule has 156 valence electrons. The van der Waals surface area contributed by atoms with E-state index in [9.17, 15) is 14.4 Å². The Morgan fingerprint density at radius 3 is 2.80 bits per heavy atom. The summed E-state index contributed by atoms with van der Waals surface area (Å²) in [5, 5.41) is 5.45. The number of aromatic nitrogens is 1. The lowest BCUT2D eigenvalue weighted by molar-refractivity contribution is -0.110. The Morgan fingerprint density at radius 1 is 1.27 bits per heavy atom. The van der Waals surface area contributed by atoms with Gasteiger partial charge in [0, 0.05) is 54.4 Å². The molecular formula is C22H25N5O3. The molecule has 1 aromatic carbocycles. The van der Waals surface area contributed by atoms with Crippen LogP contribution in [-0.4, -0.2) is 66.7 Å². The standard InChI is InChI=1S/C22H25N5O3/c1-13-19(24-18-6-7-27(9-8-26(2)3)22(30)20(13)18)11-16-15-10-14(23-12-28)4-5-17(15)25-21(16)29/h4-5,10-12,24H,6-9H2,1-3H3,(H,23,28)(H,25,29)/b16-11+. The Bertz CT molecular complexity index is 1070. The number of H-pyrrole nitrogens is 1. The lowest BCUT2D eigenvalue weighted by Gasteiger charge is -2.28. The van der Waals surface area contributed by atoms with E-state index in [4.69, 9.17) is 0 Å². The summed E-state index contributed by atoms with van der Waals surface area (Å²) in [6.45, 7) is 4.09. The van der Waals surface area contributed by atoms with Crippen molar-refractivity contribution in [3.63, 3.8) is 0 Å². The molecular weight excluding hydrogens is 382 g/mol. The smallest absolute Gasteiger partial charge is 0.256 e. The Labute approximate surface area is 174 Å². The van der Waals surface area contributed by atoms with E-state index >= 15 is 0 Å². The molecule has 0 bridgehead atoms. The summed E-state index contributed by atoms with van der Waals surface area (Å²) in [6, 6.07) is 5.26. The van der Waals surface area contributed by atoms with Crippen LogP contribution >= 0.6 is 0 Å². The molecule has 3 heterocycles. The summed E-state index contributed by atoms with van der Waals surface area (Å²) in [4.78, 5) is 43.6. The SMILES string of the molecule is Cc1c(/C=C2/C(=O)Nc3ccc(NC=O)cc32)[nH]c2c1C(=O)N(CCN(C)C)CC2. The summed E-state index contributed by atoms with van der Waals surface area (Å²) >= 11 is 0. The van der Waals surface area contributed by atoms with Crippen LogP contribution in [0.4, 0.5) is 11.4 Å². The maximum atomic E-state index is 13.0. The van der Waals surface area contributed by atoms with Crippen molar-refractivity contribution in [1.82, 2.24) is 14.8 Å². The molecule has 0 fully saturated rings. The molecule has 0 aliphatic carbocycles. The number of anilines is 2. The normalized spacial score (nSPS) is 16.7. The van der Waals surface area contributed by atoms with E-state index in [-0.39, 0.29) is 11.8 Å². The van der Waals surface area contributed by atoms with Crippen LogP contribution in [0.2, 0.25) is 0 Å². The summed E-state index contributed by atoms with van der Waals surface area (Å²) in [5.41, 5.74) is 5.76. The van der Waals surface area contributed by atoms with Gasteiger partial charge in [0.25, 0.3) is 11.8 Å². The fourth-order valence-corrected chi connectivity index (χ4v) is 3.98. The van der Waals surface area contributed by atoms with Gasteiger partial charge in [-0.1, -0.05) is 0 Å². The van der Waals surface area contributed by atoms with Gasteiger partial charge >= 0.3 is 0 Å². The van der Waals surface area contributed by atoms with Crippen LogP contribution in [0, 0.1) is 6.92 Å². The van der Waals surface area contributed by atoms with Crippen molar-refractivity contribution in [2.45, 2.75) is 13.3 Å². The monoisotopic (exact) mass is 407 g/mol. The molecule has 0 unspecified atom stereocenters. The van der Waals surface area contributed by atoms with E-state index < -0.39 is 0 Å². The number of carbonyl (C=O) groups excluding carboxylic acids is 3. The van der Waals surface area contributed by atoms with Crippen LogP contribution in [0.15, 0.2) is 18.2 Å². The van der Waals surface area contributed by atoms with Crippen LogP contribution in [-0.2, 0) is 16.0 Å². The molecule has 0 saturated carbocycles.